The van der Waals surface area contributed by atoms with Crippen LogP contribution in [0, 0.1) is 19.8 Å². The third kappa shape index (κ3) is 3.13. The van der Waals surface area contributed by atoms with Crippen molar-refractivity contribution in [2.24, 2.45) is 5.92 Å². The van der Waals surface area contributed by atoms with Crippen LogP contribution in [0.1, 0.15) is 30.9 Å². The van der Waals surface area contributed by atoms with E-state index in [-0.39, 0.29) is 0 Å². The number of hydrogen-bond acceptors (Lipinski definition) is 1. The van der Waals surface area contributed by atoms with Gasteiger partial charge in [-0.05, 0) is 75.0 Å². The summed E-state index contributed by atoms with van der Waals surface area (Å²) in [5.41, 5.74) is 5.37. The highest BCUT2D eigenvalue weighted by atomic mass is 15.0. The van der Waals surface area contributed by atoms with Gasteiger partial charge in [-0.2, -0.15) is 0 Å². The number of nitrogens with one attached hydrogen (secondary N) is 1. The number of rotatable bonds is 3. The van der Waals surface area contributed by atoms with Crippen LogP contribution in [0.2, 0.25) is 0 Å². The fraction of sp³-hybridized carbons (Fsp3) is 0.429. The van der Waals surface area contributed by atoms with Crippen LogP contribution in [-0.2, 0) is 6.54 Å². The van der Waals surface area contributed by atoms with Crippen molar-refractivity contribution in [2.75, 3.05) is 13.1 Å². The zero-order valence-electron chi connectivity index (χ0n) is 14.7. The largest absolute Gasteiger partial charge is 0.341 e. The van der Waals surface area contributed by atoms with Crippen LogP contribution in [0.4, 0.5) is 0 Å². The van der Waals surface area contributed by atoms with Crippen LogP contribution in [0.25, 0.3) is 23.9 Å². The SMILES string of the molecule is C=c1/c(=C\C)cc(-c2c(C)cccc2C)n1C[C@@H]1CCCNC1. The van der Waals surface area contributed by atoms with Gasteiger partial charge in [0.15, 0.2) is 0 Å². The molecule has 2 aromatic rings. The lowest BCUT2D eigenvalue weighted by atomic mass is 9.97. The molecule has 1 atom stereocenters. The average molecular weight is 308 g/mol. The minimum Gasteiger partial charge on any atom is -0.341 e. The van der Waals surface area contributed by atoms with Crippen molar-refractivity contribution < 1.29 is 0 Å². The van der Waals surface area contributed by atoms with E-state index >= 15 is 0 Å². The van der Waals surface area contributed by atoms with E-state index in [9.17, 15) is 0 Å². The summed E-state index contributed by atoms with van der Waals surface area (Å²) in [6.45, 7) is 14.2. The molecule has 1 aromatic heterocycles. The second-order valence-corrected chi connectivity index (χ2v) is 6.81. The van der Waals surface area contributed by atoms with E-state index in [1.54, 1.807) is 0 Å². The lowest BCUT2D eigenvalue weighted by molar-refractivity contribution is 0.336. The van der Waals surface area contributed by atoms with Crippen LogP contribution in [0.3, 0.4) is 0 Å². The summed E-state index contributed by atoms with van der Waals surface area (Å²) < 4.78 is 2.45. The van der Waals surface area contributed by atoms with Gasteiger partial charge in [0.2, 0.25) is 0 Å². The Bertz CT molecular complexity index is 772. The predicted molar refractivity (Wildman–Crippen MR) is 99.8 cm³/mol. The molecule has 1 saturated heterocycles. The molecule has 2 nitrogen and oxygen atoms in total. The van der Waals surface area contributed by atoms with Crippen molar-refractivity contribution in [3.05, 3.63) is 46.0 Å². The fourth-order valence-corrected chi connectivity index (χ4v) is 3.83. The normalized spacial score (nSPS) is 19.3. The van der Waals surface area contributed by atoms with Gasteiger partial charge >= 0.3 is 0 Å². The summed E-state index contributed by atoms with van der Waals surface area (Å²) in [5, 5.41) is 5.94. The molecule has 0 spiro atoms. The van der Waals surface area contributed by atoms with Gasteiger partial charge < -0.3 is 9.88 Å². The van der Waals surface area contributed by atoms with Crippen molar-refractivity contribution in [1.29, 1.82) is 0 Å². The molecular weight excluding hydrogens is 280 g/mol. The smallest absolute Gasteiger partial charge is 0.0496 e. The Morgan fingerprint density at radius 2 is 2.04 bits per heavy atom. The van der Waals surface area contributed by atoms with E-state index < -0.39 is 0 Å². The molecule has 1 N–H and O–H groups in total. The van der Waals surface area contributed by atoms with Crippen LogP contribution >= 0.6 is 0 Å². The second kappa shape index (κ2) is 6.76. The lowest BCUT2D eigenvalue weighted by Gasteiger charge is -2.25. The molecule has 1 fully saturated rings. The van der Waals surface area contributed by atoms with Crippen molar-refractivity contribution in [1.82, 2.24) is 9.88 Å². The Morgan fingerprint density at radius 1 is 1.30 bits per heavy atom. The van der Waals surface area contributed by atoms with Gasteiger partial charge in [0.25, 0.3) is 0 Å². The molecule has 122 valence electrons. The van der Waals surface area contributed by atoms with Crippen LogP contribution in [-0.4, -0.2) is 17.7 Å². The first-order valence-corrected chi connectivity index (χ1v) is 8.74. The quantitative estimate of drug-likeness (QED) is 0.922. The van der Waals surface area contributed by atoms with Gasteiger partial charge in [-0.25, -0.2) is 0 Å². The molecule has 0 unspecified atom stereocenters. The zero-order chi connectivity index (χ0) is 16.4. The van der Waals surface area contributed by atoms with Gasteiger partial charge in [-0.1, -0.05) is 30.9 Å². The topological polar surface area (TPSA) is 17.0 Å². The molecule has 2 heteroatoms. The van der Waals surface area contributed by atoms with Gasteiger partial charge in [-0.15, -0.1) is 0 Å². The predicted octanol–water partition coefficient (Wildman–Crippen LogP) is 2.98. The molecule has 1 aliphatic rings. The average Bonchev–Trinajstić information content (AvgIpc) is 2.85. The fourth-order valence-electron chi connectivity index (χ4n) is 3.83. The van der Waals surface area contributed by atoms with Gasteiger partial charge in [0, 0.05) is 23.2 Å². The van der Waals surface area contributed by atoms with Gasteiger partial charge in [-0.3, -0.25) is 0 Å². The number of nitrogens with zero attached hydrogens (tertiary/aromatic N) is 1. The molecule has 1 aliphatic heterocycles. The Morgan fingerprint density at radius 3 is 2.65 bits per heavy atom. The summed E-state index contributed by atoms with van der Waals surface area (Å²) >= 11 is 0. The first-order valence-electron chi connectivity index (χ1n) is 8.74. The van der Waals surface area contributed by atoms with E-state index in [2.05, 4.69) is 67.6 Å². The van der Waals surface area contributed by atoms with E-state index in [4.69, 9.17) is 0 Å². The number of aryl methyl sites for hydroxylation is 2. The molecule has 0 aliphatic carbocycles. The third-order valence-electron chi connectivity index (χ3n) is 5.13. The highest BCUT2D eigenvalue weighted by molar-refractivity contribution is 5.68. The Kier molecular flexibility index (Phi) is 4.72. The van der Waals surface area contributed by atoms with E-state index in [1.165, 1.54) is 40.4 Å². The molecule has 1 aromatic carbocycles. The number of hydrogen-bond donors (Lipinski definition) is 1. The summed E-state index contributed by atoms with van der Waals surface area (Å²) in [5.74, 6) is 0.699. The maximum Gasteiger partial charge on any atom is 0.0496 e. The number of aromatic nitrogens is 1. The standard InChI is InChI=1S/C21H28N2/c1-5-19-12-20(21-15(2)8-6-9-16(21)3)23(17(19)4)14-18-10-7-11-22-13-18/h5-6,8-9,12,18,22H,4,7,10-11,13-14H2,1-3H3/b19-5-/t18-/m1/s1. The molecule has 0 saturated carbocycles. The molecule has 2 heterocycles. The van der Waals surface area contributed by atoms with Crippen LogP contribution < -0.4 is 15.9 Å². The minimum atomic E-state index is 0.699. The summed E-state index contributed by atoms with van der Waals surface area (Å²) in [6, 6.07) is 8.87. The summed E-state index contributed by atoms with van der Waals surface area (Å²) in [7, 11) is 0. The van der Waals surface area contributed by atoms with Crippen molar-refractivity contribution >= 4 is 12.7 Å². The molecule has 0 bridgehead atoms. The van der Waals surface area contributed by atoms with Gasteiger partial charge in [0.05, 0.1) is 0 Å². The molecule has 3 rings (SSSR count). The lowest BCUT2D eigenvalue weighted by Crippen LogP contribution is -2.36. The first-order chi connectivity index (χ1) is 11.1. The highest BCUT2D eigenvalue weighted by Gasteiger charge is 2.17. The van der Waals surface area contributed by atoms with Crippen LogP contribution in [0.5, 0.6) is 0 Å². The van der Waals surface area contributed by atoms with Gasteiger partial charge in [0.1, 0.15) is 0 Å². The third-order valence-corrected chi connectivity index (χ3v) is 5.13. The Hall–Kier alpha value is -1.80. The highest BCUT2D eigenvalue weighted by Crippen LogP contribution is 2.26. The first kappa shape index (κ1) is 16.1. The molecular formula is C21H28N2. The maximum absolute atomic E-state index is 4.37. The maximum atomic E-state index is 4.37. The minimum absolute atomic E-state index is 0.699. The number of piperidine rings is 1. The van der Waals surface area contributed by atoms with Crippen LogP contribution in [0.15, 0.2) is 24.3 Å². The summed E-state index contributed by atoms with van der Waals surface area (Å²) in [4.78, 5) is 0. The number of benzene rings is 1. The Balaban J connectivity index is 2.11. The zero-order valence-corrected chi connectivity index (χ0v) is 14.7. The second-order valence-electron chi connectivity index (χ2n) is 6.81. The van der Waals surface area contributed by atoms with E-state index in [0.29, 0.717) is 5.92 Å². The molecule has 0 amide bonds. The van der Waals surface area contributed by atoms with Crippen molar-refractivity contribution in [2.45, 2.75) is 40.2 Å². The monoisotopic (exact) mass is 308 g/mol. The van der Waals surface area contributed by atoms with E-state index in [0.717, 1.165) is 25.0 Å². The van der Waals surface area contributed by atoms with E-state index in [1.807, 2.05) is 0 Å². The molecule has 23 heavy (non-hydrogen) atoms. The van der Waals surface area contributed by atoms with Crippen molar-refractivity contribution in [3.8, 4) is 11.3 Å². The van der Waals surface area contributed by atoms with Crippen molar-refractivity contribution in [3.63, 3.8) is 0 Å². The Labute approximate surface area is 139 Å². The molecule has 0 radical (unpaired) electrons. The summed E-state index contributed by atoms with van der Waals surface area (Å²) in [6.07, 6.45) is 4.76.